The molecule has 1 aliphatic heterocycles. The highest BCUT2D eigenvalue weighted by atomic mass is 16.2. The maximum Gasteiger partial charge on any atom is 0.229 e. The van der Waals surface area contributed by atoms with Gasteiger partial charge in [0.05, 0.1) is 5.92 Å². The Balaban J connectivity index is 1.31. The highest BCUT2D eigenvalue weighted by Crippen LogP contribution is 2.30. The molecule has 2 N–H and O–H groups in total. The van der Waals surface area contributed by atoms with E-state index in [0.717, 1.165) is 24.1 Å². The highest BCUT2D eigenvalue weighted by molar-refractivity contribution is 5.98. The topological polar surface area (TPSA) is 78.5 Å². The van der Waals surface area contributed by atoms with Gasteiger partial charge in [0.15, 0.2) is 0 Å². The summed E-state index contributed by atoms with van der Waals surface area (Å²) in [6.45, 7) is 0.952. The fraction of sp³-hybridized carbons (Fsp3) is 0.318. The first-order valence-electron chi connectivity index (χ1n) is 9.62. The Morgan fingerprint density at radius 3 is 2.00 bits per heavy atom. The second-order valence-corrected chi connectivity index (χ2v) is 7.49. The summed E-state index contributed by atoms with van der Waals surface area (Å²) in [5.74, 6) is -0.302. The number of carbonyl (C=O) groups is 3. The molecule has 3 amide bonds. The summed E-state index contributed by atoms with van der Waals surface area (Å²) >= 11 is 0. The van der Waals surface area contributed by atoms with Gasteiger partial charge in [-0.2, -0.15) is 0 Å². The molecule has 2 aromatic rings. The van der Waals surface area contributed by atoms with E-state index >= 15 is 0 Å². The van der Waals surface area contributed by atoms with E-state index < -0.39 is 0 Å². The van der Waals surface area contributed by atoms with E-state index in [1.807, 2.05) is 30.3 Å². The fourth-order valence-electron chi connectivity index (χ4n) is 3.38. The fourth-order valence-corrected chi connectivity index (χ4v) is 3.38. The predicted octanol–water partition coefficient (Wildman–Crippen LogP) is 3.02. The number of nitrogens with zero attached hydrogens (tertiary/aromatic N) is 1. The van der Waals surface area contributed by atoms with Gasteiger partial charge in [-0.1, -0.05) is 30.3 Å². The van der Waals surface area contributed by atoms with Gasteiger partial charge in [-0.05, 0) is 42.7 Å². The van der Waals surface area contributed by atoms with Crippen LogP contribution in [0.2, 0.25) is 0 Å². The van der Waals surface area contributed by atoms with Crippen molar-refractivity contribution < 1.29 is 14.4 Å². The van der Waals surface area contributed by atoms with E-state index in [4.69, 9.17) is 0 Å². The van der Waals surface area contributed by atoms with Crippen molar-refractivity contribution in [1.29, 1.82) is 0 Å². The molecule has 0 radical (unpaired) electrons. The second kappa shape index (κ2) is 7.84. The first-order chi connectivity index (χ1) is 13.6. The van der Waals surface area contributed by atoms with Crippen LogP contribution in [0.3, 0.4) is 0 Å². The van der Waals surface area contributed by atoms with Crippen molar-refractivity contribution in [3.63, 3.8) is 0 Å². The lowest BCUT2D eigenvalue weighted by Crippen LogP contribution is -2.28. The molecule has 0 spiro atoms. The number of nitrogens with one attached hydrogen (secondary N) is 2. The SMILES string of the molecule is O=C(Nc1ccc(NC(=O)[C@H]2CC(=O)N(Cc3ccccc3)C2)cc1)C1CC1. The van der Waals surface area contributed by atoms with Gasteiger partial charge in [-0.3, -0.25) is 14.4 Å². The number of rotatable bonds is 6. The van der Waals surface area contributed by atoms with Gasteiger partial charge in [-0.15, -0.1) is 0 Å². The minimum absolute atomic E-state index is 0.00198. The standard InChI is InChI=1S/C22H23N3O3/c26-20-12-17(14-25(20)13-15-4-2-1-3-5-15)22(28)24-19-10-8-18(9-11-19)23-21(27)16-6-7-16/h1-5,8-11,16-17H,6-7,12-14H2,(H,23,27)(H,24,28)/t17-/m0/s1. The van der Waals surface area contributed by atoms with E-state index in [1.54, 1.807) is 29.2 Å². The van der Waals surface area contributed by atoms with Gasteiger partial charge in [0.2, 0.25) is 17.7 Å². The number of anilines is 2. The van der Waals surface area contributed by atoms with Crippen LogP contribution in [0.25, 0.3) is 0 Å². The first kappa shape index (κ1) is 18.2. The Labute approximate surface area is 163 Å². The molecular formula is C22H23N3O3. The summed E-state index contributed by atoms with van der Waals surface area (Å²) < 4.78 is 0. The molecule has 1 saturated heterocycles. The summed E-state index contributed by atoms with van der Waals surface area (Å²) in [7, 11) is 0. The van der Waals surface area contributed by atoms with Crippen molar-refractivity contribution in [2.24, 2.45) is 11.8 Å². The normalized spacial score (nSPS) is 18.8. The van der Waals surface area contributed by atoms with Crippen LogP contribution in [0.1, 0.15) is 24.8 Å². The Bertz CT molecular complexity index is 876. The van der Waals surface area contributed by atoms with Crippen molar-refractivity contribution in [1.82, 2.24) is 4.90 Å². The molecular weight excluding hydrogens is 354 g/mol. The number of likely N-dealkylation sites (tertiary alicyclic amines) is 1. The molecule has 0 aromatic heterocycles. The number of carbonyl (C=O) groups excluding carboxylic acids is 3. The van der Waals surface area contributed by atoms with Crippen molar-refractivity contribution >= 4 is 29.1 Å². The molecule has 28 heavy (non-hydrogen) atoms. The first-order valence-corrected chi connectivity index (χ1v) is 9.62. The molecule has 6 nitrogen and oxygen atoms in total. The van der Waals surface area contributed by atoms with Gasteiger partial charge in [0.25, 0.3) is 0 Å². The Kier molecular flexibility index (Phi) is 5.10. The highest BCUT2D eigenvalue weighted by Gasteiger charge is 2.34. The van der Waals surface area contributed by atoms with Gasteiger partial charge < -0.3 is 15.5 Å². The summed E-state index contributed by atoms with van der Waals surface area (Å²) in [6.07, 6.45) is 2.15. The van der Waals surface area contributed by atoms with Gasteiger partial charge in [0, 0.05) is 36.8 Å². The summed E-state index contributed by atoms with van der Waals surface area (Å²) in [5.41, 5.74) is 2.43. The average molecular weight is 377 g/mol. The number of amides is 3. The lowest BCUT2D eigenvalue weighted by atomic mass is 10.1. The largest absolute Gasteiger partial charge is 0.338 e. The number of hydrogen-bond donors (Lipinski definition) is 2. The van der Waals surface area contributed by atoms with Crippen molar-refractivity contribution in [2.75, 3.05) is 17.2 Å². The average Bonchev–Trinajstić information content (AvgIpc) is 3.49. The van der Waals surface area contributed by atoms with E-state index in [0.29, 0.717) is 18.8 Å². The second-order valence-electron chi connectivity index (χ2n) is 7.49. The van der Waals surface area contributed by atoms with E-state index in [1.165, 1.54) is 0 Å². The predicted molar refractivity (Wildman–Crippen MR) is 106 cm³/mol. The molecule has 2 aliphatic rings. The third kappa shape index (κ3) is 4.39. The van der Waals surface area contributed by atoms with Crippen molar-refractivity contribution in [3.8, 4) is 0 Å². The number of benzene rings is 2. The third-order valence-corrected chi connectivity index (χ3v) is 5.17. The monoisotopic (exact) mass is 377 g/mol. The van der Waals surface area contributed by atoms with Gasteiger partial charge in [-0.25, -0.2) is 0 Å². The molecule has 4 rings (SSSR count). The van der Waals surface area contributed by atoms with Crippen LogP contribution in [-0.2, 0) is 20.9 Å². The van der Waals surface area contributed by atoms with E-state index in [-0.39, 0.29) is 36.0 Å². The molecule has 1 atom stereocenters. The van der Waals surface area contributed by atoms with Crippen LogP contribution in [0.15, 0.2) is 54.6 Å². The van der Waals surface area contributed by atoms with Crippen molar-refractivity contribution in [3.05, 3.63) is 60.2 Å². The molecule has 0 bridgehead atoms. The zero-order valence-corrected chi connectivity index (χ0v) is 15.6. The molecule has 1 heterocycles. The van der Waals surface area contributed by atoms with Crippen LogP contribution in [0.5, 0.6) is 0 Å². The molecule has 6 heteroatoms. The van der Waals surface area contributed by atoms with Crippen LogP contribution in [0, 0.1) is 11.8 Å². The number of hydrogen-bond acceptors (Lipinski definition) is 3. The van der Waals surface area contributed by atoms with Crippen LogP contribution >= 0.6 is 0 Å². The maximum absolute atomic E-state index is 12.6. The molecule has 1 saturated carbocycles. The molecule has 1 aliphatic carbocycles. The van der Waals surface area contributed by atoms with E-state index in [2.05, 4.69) is 10.6 Å². The molecule has 2 aromatic carbocycles. The Hall–Kier alpha value is -3.15. The summed E-state index contributed by atoms with van der Waals surface area (Å²) in [4.78, 5) is 38.3. The van der Waals surface area contributed by atoms with Gasteiger partial charge >= 0.3 is 0 Å². The zero-order chi connectivity index (χ0) is 19.5. The zero-order valence-electron chi connectivity index (χ0n) is 15.6. The molecule has 144 valence electrons. The summed E-state index contributed by atoms with van der Waals surface area (Å²) in [6, 6.07) is 16.9. The molecule has 0 unspecified atom stereocenters. The van der Waals surface area contributed by atoms with Crippen LogP contribution in [0.4, 0.5) is 11.4 Å². The minimum atomic E-state index is -0.356. The smallest absolute Gasteiger partial charge is 0.229 e. The molecule has 2 fully saturated rings. The summed E-state index contributed by atoms with van der Waals surface area (Å²) in [5, 5.41) is 5.75. The van der Waals surface area contributed by atoms with Crippen LogP contribution in [-0.4, -0.2) is 29.2 Å². The lowest BCUT2D eigenvalue weighted by Gasteiger charge is -2.16. The maximum atomic E-state index is 12.6. The third-order valence-electron chi connectivity index (χ3n) is 5.17. The van der Waals surface area contributed by atoms with Crippen LogP contribution < -0.4 is 10.6 Å². The van der Waals surface area contributed by atoms with Gasteiger partial charge in [0.1, 0.15) is 0 Å². The Morgan fingerprint density at radius 1 is 0.857 bits per heavy atom. The quantitative estimate of drug-likeness (QED) is 0.812. The lowest BCUT2D eigenvalue weighted by molar-refractivity contribution is -0.128. The Morgan fingerprint density at radius 2 is 1.43 bits per heavy atom. The van der Waals surface area contributed by atoms with Crippen molar-refractivity contribution in [2.45, 2.75) is 25.8 Å². The minimum Gasteiger partial charge on any atom is -0.338 e. The van der Waals surface area contributed by atoms with E-state index in [9.17, 15) is 14.4 Å².